The second kappa shape index (κ2) is 9.31. The highest BCUT2D eigenvalue weighted by molar-refractivity contribution is 5.88. The largest absolute Gasteiger partial charge is 0.370 e. The molecule has 1 aromatic carbocycles. The highest BCUT2D eigenvalue weighted by atomic mass is 19.1. The molecule has 3 heterocycles. The number of halogens is 2. The minimum Gasteiger partial charge on any atom is -0.370 e. The molecule has 0 spiro atoms. The quantitative estimate of drug-likeness (QED) is 0.482. The Labute approximate surface area is 190 Å². The molecule has 33 heavy (non-hydrogen) atoms. The second-order valence-corrected chi connectivity index (χ2v) is 8.39. The minimum atomic E-state index is -0.554. The number of aromatic nitrogens is 3. The number of H-pyrrole nitrogens is 1. The van der Waals surface area contributed by atoms with Gasteiger partial charge in [-0.3, -0.25) is 9.69 Å². The number of fused-ring (bicyclic) bond motifs is 2. The van der Waals surface area contributed by atoms with E-state index in [9.17, 15) is 13.6 Å². The van der Waals surface area contributed by atoms with Crippen molar-refractivity contribution >= 4 is 16.7 Å². The zero-order valence-corrected chi connectivity index (χ0v) is 18.4. The summed E-state index contributed by atoms with van der Waals surface area (Å²) >= 11 is 0. The van der Waals surface area contributed by atoms with Crippen LogP contribution in [-0.2, 0) is 6.54 Å². The predicted molar refractivity (Wildman–Crippen MR) is 128 cm³/mol. The van der Waals surface area contributed by atoms with Crippen molar-refractivity contribution in [2.24, 2.45) is 0 Å². The molecule has 6 nitrogen and oxygen atoms in total. The second-order valence-electron chi connectivity index (χ2n) is 8.39. The molecule has 8 heteroatoms. The van der Waals surface area contributed by atoms with Gasteiger partial charge < -0.3 is 14.5 Å². The molecule has 3 aliphatic rings. The van der Waals surface area contributed by atoms with E-state index in [-0.39, 0.29) is 18.8 Å². The van der Waals surface area contributed by atoms with Gasteiger partial charge in [0.1, 0.15) is 19.2 Å². The van der Waals surface area contributed by atoms with E-state index in [1.807, 2.05) is 48.5 Å². The fourth-order valence-electron chi connectivity index (χ4n) is 4.79. The summed E-state index contributed by atoms with van der Waals surface area (Å²) in [7, 11) is 0. The molecule has 1 N–H and O–H groups in total. The first-order valence-corrected chi connectivity index (χ1v) is 11.4. The number of hydrogen-bond donors (Lipinski definition) is 1. The van der Waals surface area contributed by atoms with E-state index in [0.29, 0.717) is 17.9 Å². The van der Waals surface area contributed by atoms with E-state index in [2.05, 4.69) is 14.8 Å². The number of benzene rings is 1. The number of nitrogens with one attached hydrogen (secondary N) is 1. The van der Waals surface area contributed by atoms with Gasteiger partial charge in [0, 0.05) is 43.1 Å². The first kappa shape index (κ1) is 21.6. The number of hydrogen-bond acceptors (Lipinski definition) is 4. The van der Waals surface area contributed by atoms with Crippen LogP contribution in [-0.4, -0.2) is 65.5 Å². The Morgan fingerprint density at radius 1 is 0.939 bits per heavy atom. The number of nitrogens with zero attached hydrogens (tertiary/aromatic N) is 4. The van der Waals surface area contributed by atoms with Crippen LogP contribution in [0.1, 0.15) is 6.42 Å². The first-order valence-electron chi connectivity index (χ1n) is 11.4. The molecule has 2 aliphatic heterocycles. The third-order valence-corrected chi connectivity index (χ3v) is 6.40. The van der Waals surface area contributed by atoms with E-state index < -0.39 is 6.67 Å². The summed E-state index contributed by atoms with van der Waals surface area (Å²) in [5, 5.41) is 0. The lowest BCUT2D eigenvalue weighted by molar-refractivity contribution is 0.263. The van der Waals surface area contributed by atoms with Crippen LogP contribution in [0.2, 0.25) is 0 Å². The van der Waals surface area contributed by atoms with Crippen molar-refractivity contribution in [3.63, 3.8) is 0 Å². The summed E-state index contributed by atoms with van der Waals surface area (Å²) in [4.78, 5) is 25.0. The molecule has 0 radical (unpaired) electrons. The van der Waals surface area contributed by atoms with Crippen molar-refractivity contribution in [3.8, 4) is 22.6 Å². The Balaban J connectivity index is 1.56. The summed E-state index contributed by atoms with van der Waals surface area (Å²) in [6.07, 6.45) is 0.964. The maximum Gasteiger partial charge on any atom is 0.260 e. The van der Waals surface area contributed by atoms with Gasteiger partial charge >= 0.3 is 0 Å². The fourth-order valence-corrected chi connectivity index (χ4v) is 4.79. The maximum absolute atomic E-state index is 13.5. The van der Waals surface area contributed by atoms with Gasteiger partial charge in [0.2, 0.25) is 0 Å². The Morgan fingerprint density at radius 2 is 1.79 bits per heavy atom. The lowest BCUT2D eigenvalue weighted by Gasteiger charge is -2.23. The number of anilines is 1. The summed E-state index contributed by atoms with van der Waals surface area (Å²) in [6, 6.07) is 15.4. The molecule has 1 fully saturated rings. The molecule has 0 bridgehead atoms. The topological polar surface area (TPSA) is 57.2 Å². The molecular weight excluding hydrogens is 424 g/mol. The lowest BCUT2D eigenvalue weighted by Crippen LogP contribution is -2.31. The molecule has 0 atom stereocenters. The summed E-state index contributed by atoms with van der Waals surface area (Å²) in [5.41, 5.74) is 4.29. The lowest BCUT2D eigenvalue weighted by atomic mass is 10.1. The third-order valence-electron chi connectivity index (χ3n) is 6.40. The number of aromatic amines is 1. The fraction of sp³-hybridized carbons (Fsp3) is 0.360. The van der Waals surface area contributed by atoms with Crippen molar-refractivity contribution in [1.82, 2.24) is 19.4 Å². The smallest absolute Gasteiger partial charge is 0.260 e. The van der Waals surface area contributed by atoms with Gasteiger partial charge in [0.15, 0.2) is 0 Å². The van der Waals surface area contributed by atoms with Gasteiger partial charge in [-0.15, -0.1) is 0 Å². The molecule has 1 saturated heterocycles. The van der Waals surface area contributed by atoms with E-state index >= 15 is 0 Å². The summed E-state index contributed by atoms with van der Waals surface area (Å²) in [6.45, 7) is 3.12. The van der Waals surface area contributed by atoms with Crippen LogP contribution in [0.5, 0.6) is 0 Å². The van der Waals surface area contributed by atoms with Crippen LogP contribution < -0.4 is 10.5 Å². The Kier molecular flexibility index (Phi) is 6.09. The van der Waals surface area contributed by atoms with Gasteiger partial charge in [0.25, 0.3) is 5.56 Å². The number of imidazole rings is 1. The first-order chi connectivity index (χ1) is 16.2. The number of alkyl halides is 2. The Hall–Kier alpha value is -3.26. The summed E-state index contributed by atoms with van der Waals surface area (Å²) in [5.74, 6) is 0.479. The molecule has 1 aromatic heterocycles. The van der Waals surface area contributed by atoms with E-state index in [1.54, 1.807) is 4.57 Å². The zero-order valence-electron chi connectivity index (χ0n) is 18.4. The average Bonchev–Trinajstić information content (AvgIpc) is 3.08. The van der Waals surface area contributed by atoms with Crippen LogP contribution in [0.15, 0.2) is 53.3 Å². The van der Waals surface area contributed by atoms with Gasteiger partial charge in [-0.25, -0.2) is 13.8 Å². The molecule has 0 amide bonds. The van der Waals surface area contributed by atoms with Crippen molar-refractivity contribution in [2.45, 2.75) is 13.0 Å². The van der Waals surface area contributed by atoms with Crippen molar-refractivity contribution in [1.29, 1.82) is 0 Å². The van der Waals surface area contributed by atoms with E-state index in [4.69, 9.17) is 4.98 Å². The van der Waals surface area contributed by atoms with E-state index in [0.717, 1.165) is 60.6 Å². The third kappa shape index (κ3) is 4.11. The Bertz CT molecular complexity index is 1280. The average molecular weight is 452 g/mol. The van der Waals surface area contributed by atoms with Crippen LogP contribution >= 0.6 is 0 Å². The predicted octanol–water partition coefficient (Wildman–Crippen LogP) is 3.95. The summed E-state index contributed by atoms with van der Waals surface area (Å²) < 4.78 is 28.1. The Morgan fingerprint density at radius 3 is 2.64 bits per heavy atom. The maximum atomic E-state index is 13.5. The molecular formula is C25H27F2N5O. The van der Waals surface area contributed by atoms with Gasteiger partial charge in [-0.1, -0.05) is 24.3 Å². The van der Waals surface area contributed by atoms with Crippen molar-refractivity contribution < 1.29 is 8.78 Å². The van der Waals surface area contributed by atoms with Crippen LogP contribution in [0.25, 0.3) is 33.7 Å². The van der Waals surface area contributed by atoms with Crippen LogP contribution in [0, 0.1) is 0 Å². The molecule has 2 aromatic rings. The van der Waals surface area contributed by atoms with Gasteiger partial charge in [0.05, 0.1) is 23.1 Å². The zero-order chi connectivity index (χ0) is 22.8. The van der Waals surface area contributed by atoms with Crippen molar-refractivity contribution in [2.75, 3.05) is 51.0 Å². The van der Waals surface area contributed by atoms with Crippen LogP contribution in [0.4, 0.5) is 14.5 Å². The SMILES string of the molecule is O=c1[nH]c2cccccc-2c1-c1nc2cc(N3CCCN(CCF)CC3)ccc2n1CCF. The molecule has 172 valence electrons. The monoisotopic (exact) mass is 451 g/mol. The van der Waals surface area contributed by atoms with E-state index in [1.165, 1.54) is 0 Å². The van der Waals surface area contributed by atoms with Gasteiger partial charge in [-0.2, -0.15) is 0 Å². The molecule has 0 saturated carbocycles. The molecule has 1 aliphatic carbocycles. The number of aryl methyl sites for hydroxylation is 1. The number of rotatable bonds is 6. The highest BCUT2D eigenvalue weighted by Crippen LogP contribution is 2.33. The highest BCUT2D eigenvalue weighted by Gasteiger charge is 2.23. The van der Waals surface area contributed by atoms with Crippen LogP contribution in [0.3, 0.4) is 0 Å². The minimum absolute atomic E-state index is 0.123. The van der Waals surface area contributed by atoms with Crippen molar-refractivity contribution in [3.05, 3.63) is 58.9 Å². The normalized spacial score (nSPS) is 15.4. The molecule has 0 unspecified atom stereocenters. The van der Waals surface area contributed by atoms with Gasteiger partial charge in [-0.05, 0) is 37.2 Å². The standard InChI is InChI=1S/C25H27F2N5O/c26-9-13-30-11-4-12-31(16-15-30)18-7-8-22-21(17-18)28-24(32(22)14-10-27)23-19-5-2-1-3-6-20(19)29-25(23)33/h1-3,5-8,17H,4,9-16H2,(H,29,33). The molecule has 5 rings (SSSR count).